The van der Waals surface area contributed by atoms with Gasteiger partial charge in [0, 0.05) is 11.5 Å². The molecule has 0 saturated heterocycles. The maximum Gasteiger partial charge on any atom is 0.123 e. The molecule has 0 aromatic heterocycles. The topological polar surface area (TPSA) is 41.5 Å². The second kappa shape index (κ2) is 7.98. The fourth-order valence-electron chi connectivity index (χ4n) is 1.84. The number of hydrogen-bond donors (Lipinski definition) is 2. The van der Waals surface area contributed by atoms with Crippen LogP contribution in [0.3, 0.4) is 0 Å². The van der Waals surface area contributed by atoms with Crippen LogP contribution >= 0.6 is 0 Å². The highest BCUT2D eigenvalue weighted by Gasteiger charge is 2.19. The number of aromatic hydroxyl groups is 1. The maximum absolute atomic E-state index is 9.16. The average molecular weight is 251 g/mol. The van der Waals surface area contributed by atoms with Crippen molar-refractivity contribution in [2.45, 2.75) is 39.5 Å². The summed E-state index contributed by atoms with van der Waals surface area (Å²) in [7, 11) is 0. The first-order chi connectivity index (χ1) is 8.69. The van der Waals surface area contributed by atoms with Crippen molar-refractivity contribution in [2.75, 3.05) is 19.7 Å². The van der Waals surface area contributed by atoms with Crippen molar-refractivity contribution in [1.82, 2.24) is 5.32 Å². The molecular weight excluding hydrogens is 226 g/mol. The predicted octanol–water partition coefficient (Wildman–Crippen LogP) is 3.28. The molecular formula is C15H25NO2. The number of benzene rings is 1. The lowest BCUT2D eigenvalue weighted by atomic mass is 10.0. The predicted molar refractivity (Wildman–Crippen MR) is 75.5 cm³/mol. The van der Waals surface area contributed by atoms with Crippen LogP contribution in [0.25, 0.3) is 0 Å². The summed E-state index contributed by atoms with van der Waals surface area (Å²) in [5, 5.41) is 12.4. The van der Waals surface area contributed by atoms with Crippen LogP contribution in [0.1, 0.15) is 45.1 Å². The van der Waals surface area contributed by atoms with Crippen LogP contribution in [0.15, 0.2) is 18.2 Å². The molecule has 0 fully saturated rings. The molecule has 0 saturated carbocycles. The Hall–Kier alpha value is -1.22. The van der Waals surface area contributed by atoms with Gasteiger partial charge in [-0.25, -0.2) is 0 Å². The number of phenolic OH excluding ortho intramolecular Hbond substituents is 1. The van der Waals surface area contributed by atoms with Crippen LogP contribution in [0, 0.1) is 0 Å². The van der Waals surface area contributed by atoms with E-state index < -0.39 is 0 Å². The molecule has 3 heteroatoms. The van der Waals surface area contributed by atoms with E-state index in [1.807, 2.05) is 6.07 Å². The Kier molecular flexibility index (Phi) is 6.58. The van der Waals surface area contributed by atoms with E-state index >= 15 is 0 Å². The SMILES string of the molecule is CC1COc2ccc(O)cc21.CCCNCCC. The summed E-state index contributed by atoms with van der Waals surface area (Å²) in [4.78, 5) is 0. The van der Waals surface area contributed by atoms with E-state index in [0.717, 1.165) is 17.9 Å². The number of nitrogens with one attached hydrogen (secondary N) is 1. The largest absolute Gasteiger partial charge is 0.508 e. The van der Waals surface area contributed by atoms with E-state index in [2.05, 4.69) is 26.1 Å². The summed E-state index contributed by atoms with van der Waals surface area (Å²) in [6.45, 7) is 9.54. The summed E-state index contributed by atoms with van der Waals surface area (Å²) in [6.07, 6.45) is 2.50. The van der Waals surface area contributed by atoms with Gasteiger partial charge in [-0.1, -0.05) is 20.8 Å². The van der Waals surface area contributed by atoms with Crippen LogP contribution in [-0.2, 0) is 0 Å². The fourth-order valence-corrected chi connectivity index (χ4v) is 1.84. The van der Waals surface area contributed by atoms with E-state index in [1.54, 1.807) is 12.1 Å². The molecule has 2 rings (SSSR count). The lowest BCUT2D eigenvalue weighted by molar-refractivity contribution is 0.337. The highest BCUT2D eigenvalue weighted by molar-refractivity contribution is 5.44. The Bertz CT molecular complexity index is 348. The van der Waals surface area contributed by atoms with Crippen molar-refractivity contribution in [2.24, 2.45) is 0 Å². The zero-order valence-corrected chi connectivity index (χ0v) is 11.7. The van der Waals surface area contributed by atoms with Gasteiger partial charge in [0.1, 0.15) is 11.5 Å². The summed E-state index contributed by atoms with van der Waals surface area (Å²) in [5.74, 6) is 1.65. The molecule has 0 spiro atoms. The number of hydrogen-bond acceptors (Lipinski definition) is 3. The summed E-state index contributed by atoms with van der Waals surface area (Å²) in [6, 6.07) is 5.23. The van der Waals surface area contributed by atoms with Crippen molar-refractivity contribution < 1.29 is 9.84 Å². The van der Waals surface area contributed by atoms with Crippen molar-refractivity contribution in [3.63, 3.8) is 0 Å². The molecule has 1 aliphatic heterocycles. The Morgan fingerprint density at radius 3 is 2.56 bits per heavy atom. The number of fused-ring (bicyclic) bond motifs is 1. The minimum atomic E-state index is 0.320. The van der Waals surface area contributed by atoms with Crippen LogP contribution in [-0.4, -0.2) is 24.8 Å². The molecule has 1 aromatic carbocycles. The first-order valence-corrected chi connectivity index (χ1v) is 6.85. The molecule has 102 valence electrons. The molecule has 0 radical (unpaired) electrons. The first kappa shape index (κ1) is 14.8. The Labute approximate surface area is 110 Å². The van der Waals surface area contributed by atoms with E-state index in [9.17, 15) is 0 Å². The standard InChI is InChI=1S/C9H10O2.C6H15N/c1-6-5-11-9-3-2-7(10)4-8(6)9;1-3-5-7-6-4-2/h2-4,6,10H,5H2,1H3;7H,3-6H2,1-2H3. The van der Waals surface area contributed by atoms with E-state index in [1.165, 1.54) is 25.9 Å². The molecule has 1 unspecified atom stereocenters. The minimum absolute atomic E-state index is 0.320. The van der Waals surface area contributed by atoms with Gasteiger partial charge in [-0.3, -0.25) is 0 Å². The Balaban J connectivity index is 0.000000203. The van der Waals surface area contributed by atoms with Crippen molar-refractivity contribution in [1.29, 1.82) is 0 Å². The maximum atomic E-state index is 9.16. The van der Waals surface area contributed by atoms with Gasteiger partial charge in [-0.2, -0.15) is 0 Å². The molecule has 1 aliphatic rings. The third-order valence-electron chi connectivity index (χ3n) is 2.87. The summed E-state index contributed by atoms with van der Waals surface area (Å²) in [5.41, 5.74) is 1.12. The van der Waals surface area contributed by atoms with Gasteiger partial charge >= 0.3 is 0 Å². The third-order valence-corrected chi connectivity index (χ3v) is 2.87. The van der Waals surface area contributed by atoms with Crippen molar-refractivity contribution in [3.05, 3.63) is 23.8 Å². The quantitative estimate of drug-likeness (QED) is 0.807. The fraction of sp³-hybridized carbons (Fsp3) is 0.600. The zero-order valence-electron chi connectivity index (χ0n) is 11.7. The molecule has 0 bridgehead atoms. The van der Waals surface area contributed by atoms with Gasteiger partial charge in [-0.15, -0.1) is 0 Å². The van der Waals surface area contributed by atoms with Gasteiger partial charge in [0.05, 0.1) is 6.61 Å². The van der Waals surface area contributed by atoms with E-state index in [0.29, 0.717) is 11.7 Å². The lowest BCUT2D eigenvalue weighted by Gasteiger charge is -1.99. The molecule has 0 amide bonds. The van der Waals surface area contributed by atoms with Crippen LogP contribution in [0.2, 0.25) is 0 Å². The van der Waals surface area contributed by atoms with E-state index in [-0.39, 0.29) is 0 Å². The molecule has 1 heterocycles. The highest BCUT2D eigenvalue weighted by atomic mass is 16.5. The van der Waals surface area contributed by atoms with Gasteiger partial charge < -0.3 is 15.2 Å². The molecule has 2 N–H and O–H groups in total. The van der Waals surface area contributed by atoms with Crippen LogP contribution in [0.4, 0.5) is 0 Å². The zero-order chi connectivity index (χ0) is 13.4. The van der Waals surface area contributed by atoms with Gasteiger partial charge in [0.2, 0.25) is 0 Å². The molecule has 3 nitrogen and oxygen atoms in total. The number of phenols is 1. The van der Waals surface area contributed by atoms with Gasteiger partial charge in [0.15, 0.2) is 0 Å². The average Bonchev–Trinajstić information content (AvgIpc) is 2.73. The second-order valence-corrected chi connectivity index (χ2v) is 4.68. The Morgan fingerprint density at radius 1 is 1.28 bits per heavy atom. The molecule has 18 heavy (non-hydrogen) atoms. The van der Waals surface area contributed by atoms with Gasteiger partial charge in [-0.05, 0) is 44.1 Å². The lowest BCUT2D eigenvalue weighted by Crippen LogP contribution is -2.14. The smallest absolute Gasteiger partial charge is 0.123 e. The first-order valence-electron chi connectivity index (χ1n) is 6.85. The summed E-state index contributed by atoms with van der Waals surface area (Å²) < 4.78 is 5.35. The highest BCUT2D eigenvalue weighted by Crippen LogP contribution is 2.35. The minimum Gasteiger partial charge on any atom is -0.508 e. The Morgan fingerprint density at radius 2 is 1.94 bits per heavy atom. The third kappa shape index (κ3) is 4.57. The number of rotatable bonds is 4. The van der Waals surface area contributed by atoms with Crippen molar-refractivity contribution in [3.8, 4) is 11.5 Å². The molecule has 1 aromatic rings. The molecule has 1 atom stereocenters. The number of ether oxygens (including phenoxy) is 1. The van der Waals surface area contributed by atoms with Crippen molar-refractivity contribution >= 4 is 0 Å². The monoisotopic (exact) mass is 251 g/mol. The normalized spacial score (nSPS) is 16.5. The summed E-state index contributed by atoms with van der Waals surface area (Å²) >= 11 is 0. The van der Waals surface area contributed by atoms with Crippen LogP contribution < -0.4 is 10.1 Å². The molecule has 0 aliphatic carbocycles. The second-order valence-electron chi connectivity index (χ2n) is 4.68. The van der Waals surface area contributed by atoms with E-state index in [4.69, 9.17) is 9.84 Å². The van der Waals surface area contributed by atoms with Crippen LogP contribution in [0.5, 0.6) is 11.5 Å². The van der Waals surface area contributed by atoms with Gasteiger partial charge in [0.25, 0.3) is 0 Å².